The van der Waals surface area contributed by atoms with Crippen LogP contribution in [-0.4, -0.2) is 62.7 Å². The summed E-state index contributed by atoms with van der Waals surface area (Å²) in [5.41, 5.74) is 2.99. The van der Waals surface area contributed by atoms with Crippen LogP contribution in [0.1, 0.15) is 30.6 Å². The third kappa shape index (κ3) is 3.22. The Morgan fingerprint density at radius 2 is 1.86 bits per heavy atom. The van der Waals surface area contributed by atoms with Gasteiger partial charge in [-0.3, -0.25) is 14.5 Å². The third-order valence-electron chi connectivity index (χ3n) is 5.67. The molecule has 0 aliphatic carbocycles. The summed E-state index contributed by atoms with van der Waals surface area (Å²) in [5, 5.41) is 2.21. The molecule has 28 heavy (non-hydrogen) atoms. The van der Waals surface area contributed by atoms with Gasteiger partial charge in [-0.1, -0.05) is 12.1 Å². The van der Waals surface area contributed by atoms with Crippen LogP contribution in [0.4, 0.5) is 11.4 Å². The number of amides is 1. The van der Waals surface area contributed by atoms with Crippen molar-refractivity contribution in [2.75, 3.05) is 55.7 Å². The maximum atomic E-state index is 12.7. The lowest BCUT2D eigenvalue weighted by Crippen LogP contribution is -2.35. The van der Waals surface area contributed by atoms with E-state index >= 15 is 0 Å². The fourth-order valence-electron chi connectivity index (χ4n) is 4.38. The minimum Gasteiger partial charge on any atom is -0.465 e. The van der Waals surface area contributed by atoms with Gasteiger partial charge in [0, 0.05) is 54.7 Å². The van der Waals surface area contributed by atoms with Crippen LogP contribution in [-0.2, 0) is 9.53 Å². The first-order valence-electron chi connectivity index (χ1n) is 10.1. The van der Waals surface area contributed by atoms with Crippen molar-refractivity contribution < 1.29 is 14.3 Å². The van der Waals surface area contributed by atoms with Crippen molar-refractivity contribution in [1.29, 1.82) is 0 Å². The van der Waals surface area contributed by atoms with E-state index in [0.29, 0.717) is 19.7 Å². The number of carbonyl (C=O) groups excluding carboxylic acids is 2. The SMILES string of the molecule is CCOC(=O)CN1CCCN(c2ccc3c4c(cccc24)C(=O)N3CC)CC1. The second kappa shape index (κ2) is 7.80. The van der Waals surface area contributed by atoms with Crippen molar-refractivity contribution in [3.05, 3.63) is 35.9 Å². The molecule has 0 radical (unpaired) electrons. The zero-order chi connectivity index (χ0) is 19.7. The van der Waals surface area contributed by atoms with Gasteiger partial charge in [-0.05, 0) is 38.5 Å². The van der Waals surface area contributed by atoms with Gasteiger partial charge in [0.2, 0.25) is 0 Å². The highest BCUT2D eigenvalue weighted by Crippen LogP contribution is 2.41. The lowest BCUT2D eigenvalue weighted by molar-refractivity contribution is -0.144. The minimum absolute atomic E-state index is 0.0942. The first-order chi connectivity index (χ1) is 13.6. The lowest BCUT2D eigenvalue weighted by Gasteiger charge is -2.25. The Bertz CT molecular complexity index is 911. The van der Waals surface area contributed by atoms with Gasteiger partial charge in [-0.15, -0.1) is 0 Å². The van der Waals surface area contributed by atoms with E-state index in [4.69, 9.17) is 4.74 Å². The molecule has 0 bridgehead atoms. The topological polar surface area (TPSA) is 53.1 Å². The number of hydrogen-bond acceptors (Lipinski definition) is 5. The van der Waals surface area contributed by atoms with Gasteiger partial charge in [-0.25, -0.2) is 0 Å². The van der Waals surface area contributed by atoms with Gasteiger partial charge in [-0.2, -0.15) is 0 Å². The van der Waals surface area contributed by atoms with Crippen LogP contribution in [0.3, 0.4) is 0 Å². The molecule has 4 rings (SSSR count). The van der Waals surface area contributed by atoms with Crippen LogP contribution in [0.15, 0.2) is 30.3 Å². The molecule has 2 aliphatic rings. The molecule has 2 heterocycles. The summed E-state index contributed by atoms with van der Waals surface area (Å²) in [6.07, 6.45) is 0.988. The Hall–Kier alpha value is -2.60. The smallest absolute Gasteiger partial charge is 0.320 e. The zero-order valence-electron chi connectivity index (χ0n) is 16.6. The number of esters is 1. The molecule has 0 N–H and O–H groups in total. The normalized spacial score (nSPS) is 17.3. The van der Waals surface area contributed by atoms with Crippen LogP contribution in [0.5, 0.6) is 0 Å². The molecule has 2 aromatic carbocycles. The second-order valence-corrected chi connectivity index (χ2v) is 7.30. The molecule has 1 amide bonds. The quantitative estimate of drug-likeness (QED) is 0.746. The Labute approximate surface area is 165 Å². The van der Waals surface area contributed by atoms with E-state index in [2.05, 4.69) is 28.0 Å². The van der Waals surface area contributed by atoms with E-state index in [1.807, 2.05) is 30.9 Å². The molecule has 6 heteroatoms. The Kier molecular flexibility index (Phi) is 5.22. The third-order valence-corrected chi connectivity index (χ3v) is 5.67. The van der Waals surface area contributed by atoms with Crippen LogP contribution < -0.4 is 9.80 Å². The van der Waals surface area contributed by atoms with Gasteiger partial charge in [0.1, 0.15) is 0 Å². The van der Waals surface area contributed by atoms with Gasteiger partial charge in [0.25, 0.3) is 5.91 Å². The first kappa shape index (κ1) is 18.7. The van der Waals surface area contributed by atoms with Crippen molar-refractivity contribution in [2.45, 2.75) is 20.3 Å². The van der Waals surface area contributed by atoms with E-state index in [9.17, 15) is 9.59 Å². The highest BCUT2D eigenvalue weighted by atomic mass is 16.5. The number of rotatable bonds is 5. The summed E-state index contributed by atoms with van der Waals surface area (Å²) in [4.78, 5) is 30.9. The lowest BCUT2D eigenvalue weighted by atomic mass is 10.0. The van der Waals surface area contributed by atoms with Gasteiger partial charge in [0.05, 0.1) is 18.8 Å². The van der Waals surface area contributed by atoms with Gasteiger partial charge >= 0.3 is 5.97 Å². The molecule has 0 atom stereocenters. The van der Waals surface area contributed by atoms with E-state index in [0.717, 1.165) is 54.6 Å². The van der Waals surface area contributed by atoms with Gasteiger partial charge in [0.15, 0.2) is 0 Å². The van der Waals surface area contributed by atoms with Crippen LogP contribution in [0.2, 0.25) is 0 Å². The van der Waals surface area contributed by atoms with E-state index in [1.54, 1.807) is 0 Å². The highest BCUT2D eigenvalue weighted by molar-refractivity contribution is 6.26. The number of benzene rings is 2. The molecule has 148 valence electrons. The van der Waals surface area contributed by atoms with E-state index in [1.165, 1.54) is 5.69 Å². The standard InChI is InChI=1S/C22H27N3O3/c1-3-25-19-10-9-18(16-7-5-8-17(21(16)19)22(25)27)24-12-6-11-23(13-14-24)15-20(26)28-4-2/h5,7-10H,3-4,6,11-15H2,1-2H3. The van der Waals surface area contributed by atoms with Crippen molar-refractivity contribution >= 4 is 34.0 Å². The summed E-state index contributed by atoms with van der Waals surface area (Å²) in [6.45, 7) is 8.79. The molecule has 2 aromatic rings. The average Bonchev–Trinajstić information content (AvgIpc) is 2.83. The number of ether oxygens (including phenoxy) is 1. The summed E-state index contributed by atoms with van der Waals surface area (Å²) >= 11 is 0. The highest BCUT2D eigenvalue weighted by Gasteiger charge is 2.30. The molecule has 0 aromatic heterocycles. The number of anilines is 2. The Morgan fingerprint density at radius 3 is 2.64 bits per heavy atom. The predicted molar refractivity (Wildman–Crippen MR) is 111 cm³/mol. The fourth-order valence-corrected chi connectivity index (χ4v) is 4.38. The maximum Gasteiger partial charge on any atom is 0.320 e. The summed E-state index contributed by atoms with van der Waals surface area (Å²) in [6, 6.07) is 10.2. The first-order valence-corrected chi connectivity index (χ1v) is 10.1. The Balaban J connectivity index is 1.60. The molecule has 2 aliphatic heterocycles. The average molecular weight is 381 g/mol. The molecule has 1 saturated heterocycles. The van der Waals surface area contributed by atoms with Crippen molar-refractivity contribution in [3.63, 3.8) is 0 Å². The number of hydrogen-bond donors (Lipinski definition) is 0. The van der Waals surface area contributed by atoms with Crippen molar-refractivity contribution in [1.82, 2.24) is 4.90 Å². The molecule has 6 nitrogen and oxygen atoms in total. The summed E-state index contributed by atoms with van der Waals surface area (Å²) in [7, 11) is 0. The molecule has 0 spiro atoms. The summed E-state index contributed by atoms with van der Waals surface area (Å²) in [5.74, 6) is -0.0591. The van der Waals surface area contributed by atoms with Crippen LogP contribution >= 0.6 is 0 Å². The zero-order valence-corrected chi connectivity index (χ0v) is 16.6. The van der Waals surface area contributed by atoms with Crippen molar-refractivity contribution in [2.24, 2.45) is 0 Å². The second-order valence-electron chi connectivity index (χ2n) is 7.30. The molecule has 1 fully saturated rings. The number of carbonyl (C=O) groups is 2. The summed E-state index contributed by atoms with van der Waals surface area (Å²) < 4.78 is 5.09. The van der Waals surface area contributed by atoms with Crippen LogP contribution in [0.25, 0.3) is 10.8 Å². The molecule has 0 saturated carbocycles. The minimum atomic E-state index is -0.153. The largest absolute Gasteiger partial charge is 0.465 e. The fraction of sp³-hybridized carbons (Fsp3) is 0.455. The van der Waals surface area contributed by atoms with E-state index in [-0.39, 0.29) is 11.9 Å². The predicted octanol–water partition coefficient (Wildman–Crippen LogP) is 2.90. The van der Waals surface area contributed by atoms with Gasteiger partial charge < -0.3 is 14.5 Å². The maximum absolute atomic E-state index is 12.7. The van der Waals surface area contributed by atoms with E-state index < -0.39 is 0 Å². The number of nitrogens with zero attached hydrogens (tertiary/aromatic N) is 3. The monoisotopic (exact) mass is 381 g/mol. The molecular weight excluding hydrogens is 354 g/mol. The molecule has 0 unspecified atom stereocenters. The van der Waals surface area contributed by atoms with Crippen molar-refractivity contribution in [3.8, 4) is 0 Å². The van der Waals surface area contributed by atoms with Crippen LogP contribution in [0, 0.1) is 0 Å². The Morgan fingerprint density at radius 1 is 1.04 bits per heavy atom. The molecular formula is C22H27N3O3.